The van der Waals surface area contributed by atoms with Gasteiger partial charge in [0.25, 0.3) is 15.9 Å². The lowest BCUT2D eigenvalue weighted by Crippen LogP contribution is -2.52. The minimum Gasteiger partial charge on any atom is -0.373 e. The topological polar surface area (TPSA) is 130 Å². The van der Waals surface area contributed by atoms with Crippen molar-refractivity contribution in [1.82, 2.24) is 0 Å². The monoisotopic (exact) mass is 484 g/mol. The molecule has 2 aromatic rings. The largest absolute Gasteiger partial charge is 0.426 e. The fourth-order valence-electron chi connectivity index (χ4n) is 2.14. The molecule has 1 unspecified atom stereocenters. The lowest BCUT2D eigenvalue weighted by molar-refractivity contribution is -0.242. The standard InChI is InChI=1S/C17H16F4N2O6S2/c1-16(25,17(19,20)21)15(24)22-14-7-6-12(9-13(14)18)31(28,29)23-10-4-3-5-11(8-10)30(2,26)27/h3-9,23,25H,1-2H3,(H,22,24). The molecule has 0 aliphatic carbocycles. The van der Waals surface area contributed by atoms with E-state index in [0.717, 1.165) is 18.4 Å². The van der Waals surface area contributed by atoms with Crippen LogP contribution < -0.4 is 10.0 Å². The summed E-state index contributed by atoms with van der Waals surface area (Å²) in [6.45, 7) is 0.174. The van der Waals surface area contributed by atoms with Crippen LogP contribution >= 0.6 is 0 Å². The highest BCUT2D eigenvalue weighted by Gasteiger charge is 2.55. The number of carbonyl (C=O) groups is 1. The summed E-state index contributed by atoms with van der Waals surface area (Å²) in [6, 6.07) is 6.72. The van der Waals surface area contributed by atoms with E-state index in [1.54, 1.807) is 5.32 Å². The fraction of sp³-hybridized carbons (Fsp3) is 0.235. The van der Waals surface area contributed by atoms with E-state index < -0.39 is 53.9 Å². The van der Waals surface area contributed by atoms with Gasteiger partial charge in [-0.25, -0.2) is 21.2 Å². The van der Waals surface area contributed by atoms with E-state index in [0.29, 0.717) is 12.1 Å². The molecule has 8 nitrogen and oxygen atoms in total. The molecule has 14 heteroatoms. The number of benzene rings is 2. The Kier molecular flexibility index (Phi) is 6.41. The number of alkyl halides is 3. The van der Waals surface area contributed by atoms with Crippen molar-refractivity contribution in [3.8, 4) is 0 Å². The maximum atomic E-state index is 14.2. The Balaban J connectivity index is 2.29. The summed E-state index contributed by atoms with van der Waals surface area (Å²) in [6.07, 6.45) is -4.42. The molecular formula is C17H16F4N2O6S2. The molecule has 2 aromatic carbocycles. The van der Waals surface area contributed by atoms with E-state index in [4.69, 9.17) is 0 Å². The second-order valence-electron chi connectivity index (χ2n) is 6.57. The van der Waals surface area contributed by atoms with E-state index in [1.165, 1.54) is 18.2 Å². The van der Waals surface area contributed by atoms with Crippen molar-refractivity contribution in [2.24, 2.45) is 0 Å². The first-order valence-electron chi connectivity index (χ1n) is 8.18. The highest BCUT2D eigenvalue weighted by atomic mass is 32.2. The number of sulfone groups is 1. The van der Waals surface area contributed by atoms with E-state index in [-0.39, 0.29) is 17.5 Å². The lowest BCUT2D eigenvalue weighted by Gasteiger charge is -2.25. The van der Waals surface area contributed by atoms with Crippen LogP contribution in [0.3, 0.4) is 0 Å². The number of sulfonamides is 1. The van der Waals surface area contributed by atoms with E-state index in [2.05, 4.69) is 0 Å². The molecule has 31 heavy (non-hydrogen) atoms. The van der Waals surface area contributed by atoms with Crippen LogP contribution in [0.2, 0.25) is 0 Å². The molecule has 0 bridgehead atoms. The fourth-order valence-corrected chi connectivity index (χ4v) is 3.87. The summed E-state index contributed by atoms with van der Waals surface area (Å²) in [7, 11) is -8.05. The minimum atomic E-state index is -5.33. The maximum absolute atomic E-state index is 14.2. The molecule has 0 aliphatic rings. The van der Waals surface area contributed by atoms with Gasteiger partial charge in [0.05, 0.1) is 21.2 Å². The van der Waals surface area contributed by atoms with Crippen LogP contribution in [0.1, 0.15) is 6.92 Å². The Morgan fingerprint density at radius 1 is 1.00 bits per heavy atom. The van der Waals surface area contributed by atoms with Gasteiger partial charge in [0.2, 0.25) is 5.60 Å². The van der Waals surface area contributed by atoms with Crippen LogP contribution in [0.25, 0.3) is 0 Å². The third-order valence-electron chi connectivity index (χ3n) is 4.01. The molecule has 3 N–H and O–H groups in total. The zero-order valence-electron chi connectivity index (χ0n) is 15.9. The van der Waals surface area contributed by atoms with Crippen molar-refractivity contribution in [3.63, 3.8) is 0 Å². The van der Waals surface area contributed by atoms with Gasteiger partial charge in [-0.3, -0.25) is 9.52 Å². The Morgan fingerprint density at radius 3 is 2.13 bits per heavy atom. The second-order valence-corrected chi connectivity index (χ2v) is 10.3. The molecule has 0 radical (unpaired) electrons. The highest BCUT2D eigenvalue weighted by Crippen LogP contribution is 2.31. The minimum absolute atomic E-state index is 0.137. The van der Waals surface area contributed by atoms with Gasteiger partial charge in [0.1, 0.15) is 5.82 Å². The van der Waals surface area contributed by atoms with Crippen LogP contribution in [0.15, 0.2) is 52.3 Å². The van der Waals surface area contributed by atoms with Crippen molar-refractivity contribution >= 4 is 37.1 Å². The molecular weight excluding hydrogens is 468 g/mol. The van der Waals surface area contributed by atoms with Crippen LogP contribution in [-0.2, 0) is 24.7 Å². The molecule has 0 heterocycles. The normalized spacial score (nSPS) is 14.5. The van der Waals surface area contributed by atoms with Gasteiger partial charge in [-0.1, -0.05) is 6.07 Å². The summed E-state index contributed by atoms with van der Waals surface area (Å²) in [5.74, 6) is -3.36. The summed E-state index contributed by atoms with van der Waals surface area (Å²) in [4.78, 5) is 10.8. The van der Waals surface area contributed by atoms with E-state index >= 15 is 0 Å². The SMILES string of the molecule is CC(O)(C(=O)Nc1ccc(S(=O)(=O)Nc2cccc(S(C)(=O)=O)c2)cc1F)C(F)(F)F. The van der Waals surface area contributed by atoms with Crippen LogP contribution in [0.5, 0.6) is 0 Å². The zero-order valence-corrected chi connectivity index (χ0v) is 17.5. The highest BCUT2D eigenvalue weighted by molar-refractivity contribution is 7.92. The van der Waals surface area contributed by atoms with Gasteiger partial charge in [0, 0.05) is 6.26 Å². The van der Waals surface area contributed by atoms with Crippen molar-refractivity contribution in [2.75, 3.05) is 16.3 Å². The Hall–Kier alpha value is -2.71. The quantitative estimate of drug-likeness (QED) is 0.540. The Morgan fingerprint density at radius 2 is 1.61 bits per heavy atom. The van der Waals surface area contributed by atoms with Crippen molar-refractivity contribution < 1.29 is 44.3 Å². The number of hydrogen-bond donors (Lipinski definition) is 3. The first kappa shape index (κ1) is 24.6. The van der Waals surface area contributed by atoms with Gasteiger partial charge in [-0.05, 0) is 43.3 Å². The summed E-state index contributed by atoms with van der Waals surface area (Å²) in [5, 5.41) is 10.8. The van der Waals surface area contributed by atoms with Gasteiger partial charge in [0.15, 0.2) is 9.84 Å². The predicted octanol–water partition coefficient (Wildman–Crippen LogP) is 2.28. The van der Waals surface area contributed by atoms with Crippen molar-refractivity contribution in [2.45, 2.75) is 28.5 Å². The van der Waals surface area contributed by atoms with E-state index in [1.807, 2.05) is 4.72 Å². The number of nitrogens with one attached hydrogen (secondary N) is 2. The summed E-state index contributed by atoms with van der Waals surface area (Å²) in [5.41, 5.74) is -4.74. The number of amides is 1. The third-order valence-corrected chi connectivity index (χ3v) is 6.50. The average Bonchev–Trinajstić information content (AvgIpc) is 2.61. The van der Waals surface area contributed by atoms with Crippen molar-refractivity contribution in [3.05, 3.63) is 48.3 Å². The number of rotatable bonds is 6. The molecule has 0 saturated heterocycles. The maximum Gasteiger partial charge on any atom is 0.426 e. The molecule has 0 fully saturated rings. The number of anilines is 2. The smallest absolute Gasteiger partial charge is 0.373 e. The predicted molar refractivity (Wildman–Crippen MR) is 102 cm³/mol. The molecule has 0 spiro atoms. The first-order chi connectivity index (χ1) is 13.9. The summed E-state index contributed by atoms with van der Waals surface area (Å²) < 4.78 is 102. The number of hydrogen-bond acceptors (Lipinski definition) is 6. The molecule has 170 valence electrons. The third kappa shape index (κ3) is 5.51. The molecule has 0 aromatic heterocycles. The molecule has 1 atom stereocenters. The second kappa shape index (κ2) is 8.09. The molecule has 0 saturated carbocycles. The van der Waals surface area contributed by atoms with Crippen LogP contribution in [0.4, 0.5) is 28.9 Å². The van der Waals surface area contributed by atoms with Crippen molar-refractivity contribution in [1.29, 1.82) is 0 Å². The molecule has 2 rings (SSSR count). The zero-order chi connectivity index (χ0) is 23.8. The lowest BCUT2D eigenvalue weighted by atomic mass is 10.1. The summed E-state index contributed by atoms with van der Waals surface area (Å²) >= 11 is 0. The van der Waals surface area contributed by atoms with Crippen LogP contribution in [0, 0.1) is 5.82 Å². The van der Waals surface area contributed by atoms with E-state index in [9.17, 15) is 44.3 Å². The van der Waals surface area contributed by atoms with Gasteiger partial charge < -0.3 is 10.4 Å². The number of halogens is 4. The van der Waals surface area contributed by atoms with Crippen LogP contribution in [-0.4, -0.2) is 45.9 Å². The van der Waals surface area contributed by atoms with Gasteiger partial charge >= 0.3 is 6.18 Å². The average molecular weight is 484 g/mol. The Bertz CT molecular complexity index is 1230. The first-order valence-corrected chi connectivity index (χ1v) is 11.6. The molecule has 1 amide bonds. The van der Waals surface area contributed by atoms with Gasteiger partial charge in [-0.15, -0.1) is 0 Å². The Labute approximate surface area is 174 Å². The number of carbonyl (C=O) groups excluding carboxylic acids is 1. The number of aliphatic hydroxyl groups is 1. The van der Waals surface area contributed by atoms with Gasteiger partial charge in [-0.2, -0.15) is 13.2 Å². The molecule has 0 aliphatic heterocycles.